The molecule has 1 aliphatic heterocycles. The number of allylic oxidation sites excluding steroid dienone is 1. The van der Waals surface area contributed by atoms with Gasteiger partial charge in [-0.2, -0.15) is 0 Å². The summed E-state index contributed by atoms with van der Waals surface area (Å²) in [4.78, 5) is 24.1. The monoisotopic (exact) mass is 381 g/mol. The SMILES string of the molecule is CCOC(=O)C1CC=C(C2NC(=O)C2C(C)O[Si](C)(C)C(C)(C)C)CC1. The van der Waals surface area contributed by atoms with Gasteiger partial charge in [0.25, 0.3) is 0 Å². The van der Waals surface area contributed by atoms with Crippen molar-refractivity contribution in [3.8, 4) is 0 Å². The van der Waals surface area contributed by atoms with Gasteiger partial charge in [0.1, 0.15) is 0 Å². The molecule has 1 N–H and O–H groups in total. The van der Waals surface area contributed by atoms with Crippen LogP contribution in [-0.4, -0.2) is 38.9 Å². The molecular weight excluding hydrogens is 346 g/mol. The van der Waals surface area contributed by atoms with Crippen molar-refractivity contribution in [1.29, 1.82) is 0 Å². The zero-order valence-corrected chi connectivity index (χ0v) is 18.3. The van der Waals surface area contributed by atoms with Crippen LogP contribution in [0.4, 0.5) is 0 Å². The summed E-state index contributed by atoms with van der Waals surface area (Å²) in [7, 11) is -1.92. The highest BCUT2D eigenvalue weighted by molar-refractivity contribution is 6.74. The molecular formula is C20H35NO4Si. The molecule has 0 saturated carbocycles. The molecule has 0 radical (unpaired) electrons. The van der Waals surface area contributed by atoms with Crippen LogP contribution in [0.25, 0.3) is 0 Å². The maximum absolute atomic E-state index is 12.2. The fraction of sp³-hybridized carbons (Fsp3) is 0.800. The van der Waals surface area contributed by atoms with Gasteiger partial charge in [0.05, 0.1) is 30.6 Å². The normalized spacial score (nSPS) is 27.9. The third kappa shape index (κ3) is 4.39. The number of carbonyl (C=O) groups is 2. The van der Waals surface area contributed by atoms with Crippen molar-refractivity contribution < 1.29 is 18.8 Å². The van der Waals surface area contributed by atoms with E-state index in [0.29, 0.717) is 13.0 Å². The summed E-state index contributed by atoms with van der Waals surface area (Å²) in [6, 6.07) is 0.0467. The van der Waals surface area contributed by atoms with Crippen molar-refractivity contribution in [2.75, 3.05) is 6.61 Å². The highest BCUT2D eigenvalue weighted by Gasteiger charge is 2.48. The Balaban J connectivity index is 2.01. The molecule has 2 rings (SSSR count). The first kappa shape index (κ1) is 21.2. The summed E-state index contributed by atoms with van der Waals surface area (Å²) in [6.45, 7) is 15.4. The number of rotatable bonds is 6. The fourth-order valence-electron chi connectivity index (χ4n) is 3.53. The minimum Gasteiger partial charge on any atom is -0.466 e. The number of carbonyl (C=O) groups excluding carboxylic acids is 2. The van der Waals surface area contributed by atoms with Crippen LogP contribution in [-0.2, 0) is 18.8 Å². The van der Waals surface area contributed by atoms with Crippen molar-refractivity contribution >= 4 is 20.2 Å². The van der Waals surface area contributed by atoms with Crippen molar-refractivity contribution in [2.45, 2.75) is 84.2 Å². The smallest absolute Gasteiger partial charge is 0.309 e. The van der Waals surface area contributed by atoms with E-state index < -0.39 is 8.32 Å². The standard InChI is InChI=1S/C20H35NO4Si/c1-8-24-19(23)15-11-9-14(10-12-15)17-16(18(22)21-17)13(2)25-26(6,7)20(3,4)5/h9,13,15-17H,8,10-12H2,1-7H3,(H,21,22). The lowest BCUT2D eigenvalue weighted by atomic mass is 9.76. The molecule has 1 fully saturated rings. The number of esters is 1. The molecule has 0 aromatic rings. The molecule has 1 aliphatic carbocycles. The second-order valence-corrected chi connectivity index (χ2v) is 13.9. The lowest BCUT2D eigenvalue weighted by Crippen LogP contribution is -2.64. The zero-order valence-electron chi connectivity index (χ0n) is 17.3. The average Bonchev–Trinajstić information content (AvgIpc) is 2.51. The van der Waals surface area contributed by atoms with Crippen molar-refractivity contribution in [3.63, 3.8) is 0 Å². The van der Waals surface area contributed by atoms with E-state index in [1.54, 1.807) is 0 Å². The highest BCUT2D eigenvalue weighted by atomic mass is 28.4. The Kier molecular flexibility index (Phi) is 6.39. The lowest BCUT2D eigenvalue weighted by molar-refractivity contribution is -0.148. The largest absolute Gasteiger partial charge is 0.466 e. The predicted octanol–water partition coefficient (Wildman–Crippen LogP) is 3.80. The lowest BCUT2D eigenvalue weighted by Gasteiger charge is -2.46. The van der Waals surface area contributed by atoms with Gasteiger partial charge in [0, 0.05) is 0 Å². The van der Waals surface area contributed by atoms with E-state index in [9.17, 15) is 9.59 Å². The van der Waals surface area contributed by atoms with Crippen molar-refractivity contribution in [2.24, 2.45) is 11.8 Å². The zero-order chi connectivity index (χ0) is 19.7. The van der Waals surface area contributed by atoms with Crippen LogP contribution in [0.5, 0.6) is 0 Å². The van der Waals surface area contributed by atoms with E-state index in [4.69, 9.17) is 9.16 Å². The quantitative estimate of drug-likeness (QED) is 0.329. The number of amides is 1. The molecule has 4 atom stereocenters. The Labute approximate surface area is 159 Å². The summed E-state index contributed by atoms with van der Waals surface area (Å²) >= 11 is 0. The first-order valence-electron chi connectivity index (χ1n) is 9.81. The van der Waals surface area contributed by atoms with Gasteiger partial charge in [-0.25, -0.2) is 0 Å². The minimum atomic E-state index is -1.92. The van der Waals surface area contributed by atoms with E-state index in [2.05, 4.69) is 45.3 Å². The van der Waals surface area contributed by atoms with Crippen LogP contribution in [0.1, 0.15) is 53.9 Å². The minimum absolute atomic E-state index is 0.0467. The Morgan fingerprint density at radius 2 is 2.04 bits per heavy atom. The van der Waals surface area contributed by atoms with Crippen molar-refractivity contribution in [1.82, 2.24) is 5.32 Å². The molecule has 0 aromatic heterocycles. The predicted molar refractivity (Wildman–Crippen MR) is 105 cm³/mol. The molecule has 6 heteroatoms. The Bertz CT molecular complexity index is 579. The van der Waals surface area contributed by atoms with Gasteiger partial charge in [-0.05, 0) is 51.2 Å². The third-order valence-corrected chi connectivity index (χ3v) is 10.8. The molecule has 0 bridgehead atoms. The van der Waals surface area contributed by atoms with Gasteiger partial charge in [0.2, 0.25) is 5.91 Å². The second kappa shape index (κ2) is 7.85. The molecule has 1 heterocycles. The van der Waals surface area contributed by atoms with Crippen LogP contribution in [0.15, 0.2) is 11.6 Å². The molecule has 2 aliphatic rings. The van der Waals surface area contributed by atoms with Crippen LogP contribution >= 0.6 is 0 Å². The van der Waals surface area contributed by atoms with Gasteiger partial charge in [0.15, 0.2) is 8.32 Å². The van der Waals surface area contributed by atoms with E-state index in [-0.39, 0.29) is 40.9 Å². The Hall–Kier alpha value is -1.14. The van der Waals surface area contributed by atoms with Crippen molar-refractivity contribution in [3.05, 3.63) is 11.6 Å². The van der Waals surface area contributed by atoms with E-state index >= 15 is 0 Å². The molecule has 148 valence electrons. The average molecular weight is 382 g/mol. The number of ether oxygens (including phenoxy) is 1. The van der Waals surface area contributed by atoms with Crippen LogP contribution < -0.4 is 5.32 Å². The molecule has 26 heavy (non-hydrogen) atoms. The summed E-state index contributed by atoms with van der Waals surface area (Å²) in [5, 5.41) is 3.17. The topological polar surface area (TPSA) is 64.6 Å². The first-order chi connectivity index (χ1) is 12.0. The van der Waals surface area contributed by atoms with Gasteiger partial charge in [-0.15, -0.1) is 0 Å². The summed E-state index contributed by atoms with van der Waals surface area (Å²) in [6.07, 6.45) is 4.35. The second-order valence-electron chi connectivity index (χ2n) is 9.10. The number of β-lactam (4-membered cyclic amide) rings is 1. The summed E-state index contributed by atoms with van der Waals surface area (Å²) in [5.74, 6) is -0.204. The van der Waals surface area contributed by atoms with Crippen LogP contribution in [0.2, 0.25) is 18.1 Å². The molecule has 4 unspecified atom stereocenters. The molecule has 0 spiro atoms. The van der Waals surface area contributed by atoms with E-state index in [0.717, 1.165) is 12.8 Å². The van der Waals surface area contributed by atoms with E-state index in [1.807, 2.05) is 13.8 Å². The maximum Gasteiger partial charge on any atom is 0.309 e. The first-order valence-corrected chi connectivity index (χ1v) is 12.7. The molecule has 0 aromatic carbocycles. The molecule has 1 saturated heterocycles. The summed E-state index contributed by atoms with van der Waals surface area (Å²) in [5.41, 5.74) is 1.24. The summed E-state index contributed by atoms with van der Waals surface area (Å²) < 4.78 is 11.6. The Morgan fingerprint density at radius 3 is 2.50 bits per heavy atom. The number of hydrogen-bond acceptors (Lipinski definition) is 4. The van der Waals surface area contributed by atoms with Gasteiger partial charge >= 0.3 is 5.97 Å². The molecule has 1 amide bonds. The fourth-order valence-corrected chi connectivity index (χ4v) is 4.96. The molecule has 5 nitrogen and oxygen atoms in total. The van der Waals surface area contributed by atoms with E-state index in [1.165, 1.54) is 5.57 Å². The van der Waals surface area contributed by atoms with Crippen LogP contribution in [0.3, 0.4) is 0 Å². The Morgan fingerprint density at radius 1 is 1.38 bits per heavy atom. The third-order valence-electron chi connectivity index (χ3n) is 6.22. The number of hydrogen-bond donors (Lipinski definition) is 1. The van der Waals surface area contributed by atoms with Crippen LogP contribution in [0, 0.1) is 11.8 Å². The van der Waals surface area contributed by atoms with Gasteiger partial charge in [-0.3, -0.25) is 9.59 Å². The number of nitrogens with one attached hydrogen (secondary N) is 1. The maximum atomic E-state index is 12.2. The van der Waals surface area contributed by atoms with Gasteiger partial charge in [-0.1, -0.05) is 32.4 Å². The highest BCUT2D eigenvalue weighted by Crippen LogP contribution is 2.40. The van der Waals surface area contributed by atoms with Gasteiger partial charge < -0.3 is 14.5 Å².